The molecule has 2 aliphatic rings. The Kier molecular flexibility index (Phi) is 6.07. The number of hydrogen-bond acceptors (Lipinski definition) is 4. The zero-order chi connectivity index (χ0) is 20.4. The number of likely N-dealkylation sites (tertiary alicyclic amines) is 1. The molecule has 1 aromatic heterocycles. The predicted molar refractivity (Wildman–Crippen MR) is 115 cm³/mol. The highest BCUT2D eigenvalue weighted by atomic mass is 35.5. The molecule has 0 aliphatic carbocycles. The molecule has 6 heteroatoms. The number of halogens is 1. The number of aromatic nitrogens is 1. The Bertz CT molecular complexity index is 830. The van der Waals surface area contributed by atoms with Gasteiger partial charge in [-0.1, -0.05) is 29.8 Å². The van der Waals surface area contributed by atoms with Crippen LogP contribution in [0, 0.1) is 5.92 Å². The molecule has 0 bridgehead atoms. The topological polar surface area (TPSA) is 56.7 Å². The van der Waals surface area contributed by atoms with Crippen LogP contribution in [0.5, 0.6) is 0 Å². The lowest BCUT2D eigenvalue weighted by molar-refractivity contribution is -0.135. The maximum atomic E-state index is 13.0. The zero-order valence-electron chi connectivity index (χ0n) is 16.8. The summed E-state index contributed by atoms with van der Waals surface area (Å²) in [6.45, 7) is 5.07. The van der Waals surface area contributed by atoms with Crippen molar-refractivity contribution in [3.63, 3.8) is 0 Å². The summed E-state index contributed by atoms with van der Waals surface area (Å²) in [7, 11) is 0. The van der Waals surface area contributed by atoms with Crippen LogP contribution in [-0.4, -0.2) is 47.1 Å². The maximum Gasteiger partial charge on any atom is 0.225 e. The van der Waals surface area contributed by atoms with E-state index in [9.17, 15) is 9.90 Å². The smallest absolute Gasteiger partial charge is 0.225 e. The van der Waals surface area contributed by atoms with E-state index >= 15 is 0 Å². The van der Waals surface area contributed by atoms with Crippen LogP contribution in [0.15, 0.2) is 42.6 Å². The second kappa shape index (κ2) is 8.72. The van der Waals surface area contributed by atoms with E-state index in [4.69, 9.17) is 11.6 Å². The number of carbonyl (C=O) groups excluding carboxylic acids is 1. The number of hydrogen-bond donors (Lipinski definition) is 1. The van der Waals surface area contributed by atoms with Gasteiger partial charge in [0.1, 0.15) is 5.82 Å². The molecule has 5 nitrogen and oxygen atoms in total. The number of carbonyl (C=O) groups is 1. The van der Waals surface area contributed by atoms with Crippen LogP contribution in [0.25, 0.3) is 0 Å². The number of piperidine rings is 1. The number of pyridine rings is 1. The molecule has 2 saturated heterocycles. The fourth-order valence-corrected chi connectivity index (χ4v) is 4.54. The minimum Gasteiger partial charge on any atom is -0.389 e. The summed E-state index contributed by atoms with van der Waals surface area (Å²) < 4.78 is 0. The summed E-state index contributed by atoms with van der Waals surface area (Å²) in [5.74, 6) is 1.74. The van der Waals surface area contributed by atoms with Crippen molar-refractivity contribution in [2.45, 2.75) is 38.2 Å². The molecule has 1 unspecified atom stereocenters. The molecule has 29 heavy (non-hydrogen) atoms. The third-order valence-corrected chi connectivity index (χ3v) is 6.51. The van der Waals surface area contributed by atoms with Crippen LogP contribution < -0.4 is 4.90 Å². The summed E-state index contributed by atoms with van der Waals surface area (Å²) >= 11 is 5.99. The van der Waals surface area contributed by atoms with E-state index in [2.05, 4.69) is 26.9 Å². The van der Waals surface area contributed by atoms with E-state index in [0.717, 1.165) is 61.8 Å². The lowest BCUT2D eigenvalue weighted by Gasteiger charge is -2.34. The molecule has 2 aromatic rings. The normalized spacial score (nSPS) is 21.4. The molecule has 0 saturated carbocycles. The molecule has 2 fully saturated rings. The predicted octanol–water partition coefficient (Wildman–Crippen LogP) is 4.02. The van der Waals surface area contributed by atoms with Gasteiger partial charge in [0.05, 0.1) is 6.10 Å². The lowest BCUT2D eigenvalue weighted by atomic mass is 9.95. The summed E-state index contributed by atoms with van der Waals surface area (Å²) in [4.78, 5) is 21.8. The van der Waals surface area contributed by atoms with Gasteiger partial charge in [-0.3, -0.25) is 4.79 Å². The van der Waals surface area contributed by atoms with Gasteiger partial charge in [0.15, 0.2) is 0 Å². The standard InChI is InChI=1S/C23H28ClN3O2/c1-16(28)19-4-7-22(25-14-19)26-11-8-18(9-12-26)23(29)27-13-10-20(15-27)17-2-5-21(24)6-3-17/h2-7,14,16,18,20,28H,8-13,15H2,1H3/t16?,20-/m0/s1. The van der Waals surface area contributed by atoms with Crippen molar-refractivity contribution in [3.05, 3.63) is 58.7 Å². The number of aliphatic hydroxyl groups is 1. The second-order valence-corrected chi connectivity index (χ2v) is 8.64. The van der Waals surface area contributed by atoms with Gasteiger partial charge >= 0.3 is 0 Å². The average Bonchev–Trinajstić information content (AvgIpc) is 3.24. The summed E-state index contributed by atoms with van der Waals surface area (Å²) in [5, 5.41) is 10.4. The van der Waals surface area contributed by atoms with Crippen LogP contribution in [0.4, 0.5) is 5.82 Å². The number of rotatable bonds is 4. The van der Waals surface area contributed by atoms with E-state index < -0.39 is 6.10 Å². The molecule has 1 aromatic carbocycles. The summed E-state index contributed by atoms with van der Waals surface area (Å²) in [6.07, 6.45) is 3.98. The van der Waals surface area contributed by atoms with E-state index in [1.807, 2.05) is 24.3 Å². The Morgan fingerprint density at radius 2 is 1.83 bits per heavy atom. The first-order valence-electron chi connectivity index (χ1n) is 10.4. The van der Waals surface area contributed by atoms with Gasteiger partial charge < -0.3 is 14.9 Å². The van der Waals surface area contributed by atoms with Crippen molar-refractivity contribution in [1.29, 1.82) is 0 Å². The van der Waals surface area contributed by atoms with Crippen LogP contribution in [0.1, 0.15) is 49.3 Å². The fourth-order valence-electron chi connectivity index (χ4n) is 4.41. The minimum absolute atomic E-state index is 0.104. The molecule has 0 spiro atoms. The van der Waals surface area contributed by atoms with Gasteiger partial charge in [-0.25, -0.2) is 4.98 Å². The molecule has 1 amide bonds. The van der Waals surface area contributed by atoms with Gasteiger partial charge in [-0.15, -0.1) is 0 Å². The van der Waals surface area contributed by atoms with Crippen LogP contribution >= 0.6 is 11.6 Å². The van der Waals surface area contributed by atoms with Crippen LogP contribution in [0.3, 0.4) is 0 Å². The maximum absolute atomic E-state index is 13.0. The molecule has 2 atom stereocenters. The first-order chi connectivity index (χ1) is 14.0. The Labute approximate surface area is 177 Å². The van der Waals surface area contributed by atoms with Crippen molar-refractivity contribution in [1.82, 2.24) is 9.88 Å². The summed E-state index contributed by atoms with van der Waals surface area (Å²) in [5.41, 5.74) is 2.09. The molecule has 3 heterocycles. The van der Waals surface area contributed by atoms with Gasteiger partial charge in [0.25, 0.3) is 0 Å². The van der Waals surface area contributed by atoms with E-state index in [1.165, 1.54) is 5.56 Å². The zero-order valence-corrected chi connectivity index (χ0v) is 17.6. The van der Waals surface area contributed by atoms with E-state index in [1.54, 1.807) is 13.1 Å². The second-order valence-electron chi connectivity index (χ2n) is 8.21. The highest BCUT2D eigenvalue weighted by Crippen LogP contribution is 2.31. The lowest BCUT2D eigenvalue weighted by Crippen LogP contribution is -2.42. The van der Waals surface area contributed by atoms with Crippen molar-refractivity contribution < 1.29 is 9.90 Å². The first-order valence-corrected chi connectivity index (χ1v) is 10.8. The van der Waals surface area contributed by atoms with Gasteiger partial charge in [-0.05, 0) is 55.5 Å². The Balaban J connectivity index is 1.30. The molecule has 2 aliphatic heterocycles. The first kappa shape index (κ1) is 20.2. The number of anilines is 1. The average molecular weight is 414 g/mol. The molecular weight excluding hydrogens is 386 g/mol. The van der Waals surface area contributed by atoms with Crippen molar-refractivity contribution >= 4 is 23.3 Å². The van der Waals surface area contributed by atoms with Crippen molar-refractivity contribution in [2.24, 2.45) is 5.92 Å². The monoisotopic (exact) mass is 413 g/mol. The van der Waals surface area contributed by atoms with Gasteiger partial charge in [-0.2, -0.15) is 0 Å². The van der Waals surface area contributed by atoms with Crippen molar-refractivity contribution in [3.8, 4) is 0 Å². The number of amides is 1. The third kappa shape index (κ3) is 4.57. The summed E-state index contributed by atoms with van der Waals surface area (Å²) in [6, 6.07) is 11.9. The molecule has 0 radical (unpaired) electrons. The molecule has 1 N–H and O–H groups in total. The largest absolute Gasteiger partial charge is 0.389 e. The SMILES string of the molecule is CC(O)c1ccc(N2CCC(C(=O)N3CC[C@H](c4ccc(Cl)cc4)C3)CC2)nc1. The van der Waals surface area contributed by atoms with Crippen molar-refractivity contribution in [2.75, 3.05) is 31.1 Å². The van der Waals surface area contributed by atoms with Crippen LogP contribution in [0.2, 0.25) is 5.02 Å². The van der Waals surface area contributed by atoms with Gasteiger partial charge in [0.2, 0.25) is 5.91 Å². The Morgan fingerprint density at radius 3 is 2.45 bits per heavy atom. The molecular formula is C23H28ClN3O2. The van der Waals surface area contributed by atoms with E-state index in [0.29, 0.717) is 11.8 Å². The minimum atomic E-state index is -0.503. The third-order valence-electron chi connectivity index (χ3n) is 6.26. The Morgan fingerprint density at radius 1 is 1.10 bits per heavy atom. The highest BCUT2D eigenvalue weighted by molar-refractivity contribution is 6.30. The number of nitrogens with zero attached hydrogens (tertiary/aromatic N) is 3. The van der Waals surface area contributed by atoms with Crippen LogP contribution in [-0.2, 0) is 4.79 Å². The molecule has 4 rings (SSSR count). The molecule has 154 valence electrons. The van der Waals surface area contributed by atoms with E-state index in [-0.39, 0.29) is 5.92 Å². The fraction of sp³-hybridized carbons (Fsp3) is 0.478. The number of benzene rings is 1. The Hall–Kier alpha value is -2.11. The number of aliphatic hydroxyl groups excluding tert-OH is 1. The quantitative estimate of drug-likeness (QED) is 0.822. The van der Waals surface area contributed by atoms with Gasteiger partial charge in [0, 0.05) is 49.2 Å². The highest BCUT2D eigenvalue weighted by Gasteiger charge is 2.33.